The van der Waals surface area contributed by atoms with Gasteiger partial charge in [0, 0.05) is 17.3 Å². The summed E-state index contributed by atoms with van der Waals surface area (Å²) in [5.74, 6) is -0.366. The first-order chi connectivity index (χ1) is 11.6. The van der Waals surface area contributed by atoms with Gasteiger partial charge in [0.2, 0.25) is 0 Å². The predicted octanol–water partition coefficient (Wildman–Crippen LogP) is 3.81. The molecule has 24 heavy (non-hydrogen) atoms. The van der Waals surface area contributed by atoms with Gasteiger partial charge in [-0.15, -0.1) is 0 Å². The van der Waals surface area contributed by atoms with Gasteiger partial charge < -0.3 is 5.32 Å². The minimum atomic E-state index is -0.272. The summed E-state index contributed by atoms with van der Waals surface area (Å²) < 4.78 is 15.0. The average molecular weight is 329 g/mol. The largest absolute Gasteiger partial charge is 0.348 e. The van der Waals surface area contributed by atoms with Crippen LogP contribution in [-0.2, 0) is 12.8 Å². The van der Waals surface area contributed by atoms with Crippen LogP contribution >= 0.6 is 0 Å². The van der Waals surface area contributed by atoms with Crippen molar-refractivity contribution >= 4 is 5.91 Å². The molecule has 0 saturated carbocycles. The van der Waals surface area contributed by atoms with E-state index in [1.807, 2.05) is 4.68 Å². The molecule has 2 aromatic rings. The van der Waals surface area contributed by atoms with Gasteiger partial charge in [-0.25, -0.2) is 9.07 Å². The summed E-state index contributed by atoms with van der Waals surface area (Å²) in [5, 5.41) is 7.68. The summed E-state index contributed by atoms with van der Waals surface area (Å²) in [6, 6.07) is 6.44. The molecule has 0 spiro atoms. The summed E-state index contributed by atoms with van der Waals surface area (Å²) >= 11 is 0. The first-order valence-corrected chi connectivity index (χ1v) is 8.81. The van der Waals surface area contributed by atoms with Crippen LogP contribution in [0.1, 0.15) is 61.3 Å². The maximum atomic E-state index is 13.2. The summed E-state index contributed by atoms with van der Waals surface area (Å²) in [6.45, 7) is 4.14. The fourth-order valence-corrected chi connectivity index (χ4v) is 3.32. The third-order valence-electron chi connectivity index (χ3n) is 4.79. The van der Waals surface area contributed by atoms with Crippen molar-refractivity contribution < 1.29 is 9.18 Å². The second-order valence-corrected chi connectivity index (χ2v) is 6.36. The minimum absolute atomic E-state index is 0.0947. The smallest absolute Gasteiger partial charge is 0.272 e. The maximum absolute atomic E-state index is 13.2. The number of hydrogen-bond acceptors (Lipinski definition) is 2. The van der Waals surface area contributed by atoms with Gasteiger partial charge in [-0.3, -0.25) is 4.79 Å². The Balaban J connectivity index is 1.98. The van der Waals surface area contributed by atoms with Crippen molar-refractivity contribution in [2.45, 2.75) is 58.4 Å². The monoisotopic (exact) mass is 329 g/mol. The average Bonchev–Trinajstić information content (AvgIpc) is 3.00. The number of aromatic nitrogens is 2. The molecule has 1 aromatic carbocycles. The van der Waals surface area contributed by atoms with Crippen LogP contribution in [0.2, 0.25) is 0 Å². The van der Waals surface area contributed by atoms with Crippen LogP contribution in [-0.4, -0.2) is 21.7 Å². The van der Waals surface area contributed by atoms with Gasteiger partial charge in [0.15, 0.2) is 5.69 Å². The Morgan fingerprint density at radius 3 is 2.54 bits per heavy atom. The maximum Gasteiger partial charge on any atom is 0.272 e. The SMILES string of the molecule is CCC(CC)NC(=O)c1nn(-c2ccc(F)cc2)c2c1CCCC2. The molecule has 0 atom stereocenters. The number of carbonyl (C=O) groups is 1. The van der Waals surface area contributed by atoms with Crippen molar-refractivity contribution in [1.82, 2.24) is 15.1 Å². The lowest BCUT2D eigenvalue weighted by Crippen LogP contribution is -2.34. The van der Waals surface area contributed by atoms with E-state index < -0.39 is 0 Å². The van der Waals surface area contributed by atoms with Gasteiger partial charge in [0.1, 0.15) is 5.82 Å². The first kappa shape index (κ1) is 16.7. The van der Waals surface area contributed by atoms with Crippen molar-refractivity contribution in [3.8, 4) is 5.69 Å². The van der Waals surface area contributed by atoms with Crippen LogP contribution in [0.5, 0.6) is 0 Å². The molecule has 1 amide bonds. The van der Waals surface area contributed by atoms with Crippen LogP contribution in [0.25, 0.3) is 5.69 Å². The molecule has 1 heterocycles. The van der Waals surface area contributed by atoms with E-state index in [2.05, 4.69) is 24.3 Å². The number of amides is 1. The van der Waals surface area contributed by atoms with E-state index in [4.69, 9.17) is 0 Å². The normalized spacial score (nSPS) is 13.8. The lowest BCUT2D eigenvalue weighted by Gasteiger charge is -2.16. The standard InChI is InChI=1S/C19H24FN3O/c1-3-14(4-2)21-19(24)18-16-7-5-6-8-17(16)23(22-18)15-11-9-13(20)10-12-15/h9-12,14H,3-8H2,1-2H3,(H,21,24). The number of fused-ring (bicyclic) bond motifs is 1. The molecule has 1 aliphatic rings. The molecule has 5 heteroatoms. The Morgan fingerprint density at radius 1 is 1.21 bits per heavy atom. The van der Waals surface area contributed by atoms with Gasteiger partial charge in [0.05, 0.1) is 5.69 Å². The lowest BCUT2D eigenvalue weighted by atomic mass is 9.95. The van der Waals surface area contributed by atoms with E-state index in [-0.39, 0.29) is 17.8 Å². The Kier molecular flexibility index (Phi) is 4.97. The van der Waals surface area contributed by atoms with E-state index in [1.54, 1.807) is 12.1 Å². The Labute approximate surface area is 142 Å². The molecule has 1 aliphatic carbocycles. The van der Waals surface area contributed by atoms with E-state index in [9.17, 15) is 9.18 Å². The van der Waals surface area contributed by atoms with E-state index in [1.165, 1.54) is 12.1 Å². The molecule has 1 aromatic heterocycles. The third kappa shape index (κ3) is 3.21. The van der Waals surface area contributed by atoms with Crippen LogP contribution in [0.15, 0.2) is 24.3 Å². The molecule has 0 radical (unpaired) electrons. The minimum Gasteiger partial charge on any atom is -0.348 e. The first-order valence-electron chi connectivity index (χ1n) is 8.81. The lowest BCUT2D eigenvalue weighted by molar-refractivity contribution is 0.0928. The molecule has 3 rings (SSSR count). The van der Waals surface area contributed by atoms with Crippen LogP contribution in [0.3, 0.4) is 0 Å². The molecule has 128 valence electrons. The van der Waals surface area contributed by atoms with Gasteiger partial charge >= 0.3 is 0 Å². The van der Waals surface area contributed by atoms with Gasteiger partial charge in [-0.1, -0.05) is 13.8 Å². The van der Waals surface area contributed by atoms with Gasteiger partial charge in [-0.05, 0) is 62.8 Å². The summed E-state index contributed by atoms with van der Waals surface area (Å²) in [6.07, 6.45) is 5.76. The van der Waals surface area contributed by atoms with Crippen molar-refractivity contribution in [2.24, 2.45) is 0 Å². The zero-order valence-electron chi connectivity index (χ0n) is 14.3. The zero-order chi connectivity index (χ0) is 17.1. The van der Waals surface area contributed by atoms with Gasteiger partial charge in [0.25, 0.3) is 5.91 Å². The molecule has 0 bridgehead atoms. The topological polar surface area (TPSA) is 46.9 Å². The summed E-state index contributed by atoms with van der Waals surface area (Å²) in [5.41, 5.74) is 3.47. The second kappa shape index (κ2) is 7.16. The number of halogens is 1. The van der Waals surface area contributed by atoms with E-state index in [0.717, 1.165) is 55.5 Å². The number of hydrogen-bond donors (Lipinski definition) is 1. The van der Waals surface area contributed by atoms with Crippen molar-refractivity contribution in [2.75, 3.05) is 0 Å². The van der Waals surface area contributed by atoms with E-state index in [0.29, 0.717) is 5.69 Å². The molecule has 0 aliphatic heterocycles. The molecule has 0 saturated heterocycles. The molecular weight excluding hydrogens is 305 g/mol. The highest BCUT2D eigenvalue weighted by atomic mass is 19.1. The zero-order valence-corrected chi connectivity index (χ0v) is 14.3. The Bertz CT molecular complexity index is 717. The van der Waals surface area contributed by atoms with Crippen LogP contribution in [0.4, 0.5) is 4.39 Å². The van der Waals surface area contributed by atoms with Crippen LogP contribution in [0, 0.1) is 5.82 Å². The third-order valence-corrected chi connectivity index (χ3v) is 4.79. The number of carbonyl (C=O) groups excluding carboxylic acids is 1. The van der Waals surface area contributed by atoms with Crippen molar-refractivity contribution in [1.29, 1.82) is 0 Å². The summed E-state index contributed by atoms with van der Waals surface area (Å²) in [4.78, 5) is 12.7. The van der Waals surface area contributed by atoms with Crippen molar-refractivity contribution in [3.63, 3.8) is 0 Å². The highest BCUT2D eigenvalue weighted by molar-refractivity contribution is 5.94. The highest BCUT2D eigenvalue weighted by Gasteiger charge is 2.26. The van der Waals surface area contributed by atoms with Gasteiger partial charge in [-0.2, -0.15) is 5.10 Å². The molecular formula is C19H24FN3O. The Hall–Kier alpha value is -2.17. The molecule has 4 nitrogen and oxygen atoms in total. The number of rotatable bonds is 5. The van der Waals surface area contributed by atoms with E-state index >= 15 is 0 Å². The van der Waals surface area contributed by atoms with Crippen LogP contribution < -0.4 is 5.32 Å². The number of benzene rings is 1. The predicted molar refractivity (Wildman–Crippen MR) is 92.0 cm³/mol. The number of nitrogens with one attached hydrogen (secondary N) is 1. The molecule has 0 fully saturated rings. The number of nitrogens with zero attached hydrogens (tertiary/aromatic N) is 2. The quantitative estimate of drug-likeness (QED) is 0.907. The second-order valence-electron chi connectivity index (χ2n) is 6.36. The molecule has 1 N–H and O–H groups in total. The van der Waals surface area contributed by atoms with Crippen molar-refractivity contribution in [3.05, 3.63) is 47.0 Å². The Morgan fingerprint density at radius 2 is 1.88 bits per heavy atom. The molecule has 0 unspecified atom stereocenters. The fourth-order valence-electron chi connectivity index (χ4n) is 3.32. The highest BCUT2D eigenvalue weighted by Crippen LogP contribution is 2.27. The summed E-state index contributed by atoms with van der Waals surface area (Å²) in [7, 11) is 0. The fraction of sp³-hybridized carbons (Fsp3) is 0.474.